The number of carboxylic acids is 1. The molecule has 0 radical (unpaired) electrons. The van der Waals surface area contributed by atoms with Crippen molar-refractivity contribution in [1.29, 1.82) is 0 Å². The maximum Gasteiger partial charge on any atom is 0.335 e. The van der Waals surface area contributed by atoms with Crippen molar-refractivity contribution in [3.63, 3.8) is 0 Å². The third kappa shape index (κ3) is 4.23. The summed E-state index contributed by atoms with van der Waals surface area (Å²) in [6.07, 6.45) is 5.25. The number of hydrogen-bond donors (Lipinski definition) is 2. The van der Waals surface area contributed by atoms with Crippen LogP contribution >= 0.6 is 0 Å². The Labute approximate surface area is 160 Å². The van der Waals surface area contributed by atoms with Crippen LogP contribution in [0.3, 0.4) is 0 Å². The van der Waals surface area contributed by atoms with E-state index in [4.69, 9.17) is 9.84 Å². The average Bonchev–Trinajstić information content (AvgIpc) is 3.29. The van der Waals surface area contributed by atoms with Crippen LogP contribution in [0.1, 0.15) is 40.7 Å². The molecule has 2 N–H and O–H groups in total. The number of aromatic carboxylic acids is 1. The molecule has 0 spiro atoms. The zero-order chi connectivity index (χ0) is 18.6. The fourth-order valence-corrected chi connectivity index (χ4v) is 4.68. The molecule has 27 heavy (non-hydrogen) atoms. The number of carbonyl (C=O) groups is 1. The van der Waals surface area contributed by atoms with Gasteiger partial charge in [-0.05, 0) is 54.9 Å². The Morgan fingerprint density at radius 2 is 1.67 bits per heavy atom. The molecule has 0 amide bonds. The molecule has 2 aliphatic rings. The second-order valence-electron chi connectivity index (χ2n) is 7.78. The zero-order valence-corrected chi connectivity index (χ0v) is 15.5. The molecule has 2 aliphatic heterocycles. The van der Waals surface area contributed by atoms with Crippen LogP contribution in [-0.2, 0) is 17.7 Å². The van der Waals surface area contributed by atoms with Crippen molar-refractivity contribution in [3.05, 3.63) is 71.3 Å². The number of benzene rings is 2. The summed E-state index contributed by atoms with van der Waals surface area (Å²) in [5.41, 5.74) is 2.88. The lowest BCUT2D eigenvalue weighted by Crippen LogP contribution is -2.35. The van der Waals surface area contributed by atoms with E-state index < -0.39 is 5.97 Å². The number of fused-ring (bicyclic) bond motifs is 2. The number of ether oxygens (including phenoxy) is 1. The second-order valence-corrected chi connectivity index (χ2v) is 7.78. The lowest BCUT2D eigenvalue weighted by molar-refractivity contribution is 0.0697. The maximum atomic E-state index is 11.0. The van der Waals surface area contributed by atoms with Crippen LogP contribution in [0.25, 0.3) is 0 Å². The van der Waals surface area contributed by atoms with Crippen molar-refractivity contribution in [2.24, 2.45) is 11.8 Å². The highest BCUT2D eigenvalue weighted by atomic mass is 16.5. The quantitative estimate of drug-likeness (QED) is 0.745. The third-order valence-electron chi connectivity index (χ3n) is 6.11. The SMILES string of the molecule is O=C(O)c1ccc(CC[C@H]2[C@@H](CNCc3ccccc3)[C@H]3CC[C@@H]2O3)cc1. The van der Waals surface area contributed by atoms with Crippen LogP contribution < -0.4 is 5.32 Å². The van der Waals surface area contributed by atoms with E-state index in [1.165, 1.54) is 24.0 Å². The first-order chi connectivity index (χ1) is 13.2. The van der Waals surface area contributed by atoms with Crippen LogP contribution in [0.5, 0.6) is 0 Å². The van der Waals surface area contributed by atoms with Crippen LogP contribution in [0.15, 0.2) is 54.6 Å². The minimum atomic E-state index is -0.868. The molecular weight excluding hydrogens is 338 g/mol. The molecular formula is C23H27NO3. The molecule has 2 saturated heterocycles. The van der Waals surface area contributed by atoms with Gasteiger partial charge in [0.1, 0.15) is 0 Å². The van der Waals surface area contributed by atoms with Crippen LogP contribution in [0.4, 0.5) is 0 Å². The summed E-state index contributed by atoms with van der Waals surface area (Å²) in [4.78, 5) is 11.0. The number of hydrogen-bond acceptors (Lipinski definition) is 3. The lowest BCUT2D eigenvalue weighted by atomic mass is 9.76. The van der Waals surface area contributed by atoms with E-state index in [-0.39, 0.29) is 0 Å². The van der Waals surface area contributed by atoms with E-state index in [9.17, 15) is 4.79 Å². The molecule has 4 atom stereocenters. The highest BCUT2D eigenvalue weighted by molar-refractivity contribution is 5.87. The predicted molar refractivity (Wildman–Crippen MR) is 105 cm³/mol. The Hall–Kier alpha value is -2.17. The molecule has 2 fully saturated rings. The first-order valence-corrected chi connectivity index (χ1v) is 9.93. The van der Waals surface area contributed by atoms with E-state index >= 15 is 0 Å². The number of aryl methyl sites for hydroxylation is 1. The number of rotatable bonds is 8. The minimum absolute atomic E-state index is 0.352. The van der Waals surface area contributed by atoms with Gasteiger partial charge < -0.3 is 15.2 Å². The minimum Gasteiger partial charge on any atom is -0.478 e. The summed E-state index contributed by atoms with van der Waals surface area (Å²) in [6.45, 7) is 1.90. The van der Waals surface area contributed by atoms with Crippen molar-refractivity contribution in [2.45, 2.75) is 44.4 Å². The van der Waals surface area contributed by atoms with E-state index in [1.807, 2.05) is 18.2 Å². The second kappa shape index (κ2) is 8.24. The lowest BCUT2D eigenvalue weighted by Gasteiger charge is -2.28. The largest absolute Gasteiger partial charge is 0.478 e. The van der Waals surface area contributed by atoms with Gasteiger partial charge in [0.2, 0.25) is 0 Å². The zero-order valence-electron chi connectivity index (χ0n) is 15.5. The van der Waals surface area contributed by atoms with Crippen molar-refractivity contribution < 1.29 is 14.6 Å². The van der Waals surface area contributed by atoms with Crippen LogP contribution in [0, 0.1) is 11.8 Å². The van der Waals surface area contributed by atoms with Gasteiger partial charge in [0, 0.05) is 19.0 Å². The van der Waals surface area contributed by atoms with Gasteiger partial charge >= 0.3 is 5.97 Å². The molecule has 0 saturated carbocycles. The van der Waals surface area contributed by atoms with Gasteiger partial charge in [-0.3, -0.25) is 0 Å². The Balaban J connectivity index is 1.32. The normalized spacial score (nSPS) is 26.4. The Kier molecular flexibility index (Phi) is 5.55. The first-order valence-electron chi connectivity index (χ1n) is 9.93. The third-order valence-corrected chi connectivity index (χ3v) is 6.11. The fraction of sp³-hybridized carbons (Fsp3) is 0.435. The molecule has 0 unspecified atom stereocenters. The van der Waals surface area contributed by atoms with Crippen LogP contribution in [-0.4, -0.2) is 29.8 Å². The molecule has 2 bridgehead atoms. The van der Waals surface area contributed by atoms with Crippen molar-refractivity contribution >= 4 is 5.97 Å². The molecule has 2 aromatic rings. The van der Waals surface area contributed by atoms with Crippen LogP contribution in [0.2, 0.25) is 0 Å². The average molecular weight is 365 g/mol. The van der Waals surface area contributed by atoms with Crippen molar-refractivity contribution in [2.75, 3.05) is 6.54 Å². The van der Waals surface area contributed by atoms with E-state index in [1.54, 1.807) is 12.1 Å². The standard InChI is InChI=1S/C23H27NO3/c25-23(26)18-9-6-16(7-10-18)8-11-19-20(22-13-12-21(19)27-22)15-24-14-17-4-2-1-3-5-17/h1-7,9-10,19-22,24H,8,11-15H2,(H,25,26)/t19-,20+,21-,22+/m0/s1. The van der Waals surface area contributed by atoms with E-state index in [2.05, 4.69) is 29.6 Å². The highest BCUT2D eigenvalue weighted by Gasteiger charge is 2.47. The fourth-order valence-electron chi connectivity index (χ4n) is 4.68. The first kappa shape index (κ1) is 18.2. The summed E-state index contributed by atoms with van der Waals surface area (Å²) in [5, 5.41) is 12.7. The Morgan fingerprint density at radius 1 is 0.963 bits per heavy atom. The molecule has 4 nitrogen and oxygen atoms in total. The summed E-state index contributed by atoms with van der Waals surface area (Å²) in [7, 11) is 0. The van der Waals surface area contributed by atoms with Gasteiger partial charge in [0.25, 0.3) is 0 Å². The molecule has 0 aromatic heterocycles. The summed E-state index contributed by atoms with van der Waals surface area (Å²) < 4.78 is 6.22. The van der Waals surface area contributed by atoms with E-state index in [0.717, 1.165) is 25.9 Å². The predicted octanol–water partition coefficient (Wildman–Crippen LogP) is 3.90. The molecule has 0 aliphatic carbocycles. The topological polar surface area (TPSA) is 58.6 Å². The maximum absolute atomic E-state index is 11.0. The molecule has 2 heterocycles. The van der Waals surface area contributed by atoms with Gasteiger partial charge in [-0.25, -0.2) is 4.79 Å². The van der Waals surface area contributed by atoms with Gasteiger partial charge in [-0.2, -0.15) is 0 Å². The van der Waals surface area contributed by atoms with Gasteiger partial charge in [-0.1, -0.05) is 42.5 Å². The molecule has 142 valence electrons. The Bertz CT molecular complexity index is 759. The van der Waals surface area contributed by atoms with Gasteiger partial charge in [0.15, 0.2) is 0 Å². The summed E-state index contributed by atoms with van der Waals surface area (Å²) in [5.74, 6) is 0.296. The highest BCUT2D eigenvalue weighted by Crippen LogP contribution is 2.45. The monoisotopic (exact) mass is 365 g/mol. The summed E-state index contributed by atoms with van der Waals surface area (Å²) >= 11 is 0. The molecule has 4 heteroatoms. The number of carboxylic acid groups (broad SMARTS) is 1. The van der Waals surface area contributed by atoms with Crippen molar-refractivity contribution in [1.82, 2.24) is 5.32 Å². The molecule has 2 aromatic carbocycles. The molecule has 4 rings (SSSR count). The van der Waals surface area contributed by atoms with Gasteiger partial charge in [-0.15, -0.1) is 0 Å². The van der Waals surface area contributed by atoms with Crippen molar-refractivity contribution in [3.8, 4) is 0 Å². The van der Waals surface area contributed by atoms with Gasteiger partial charge in [0.05, 0.1) is 17.8 Å². The summed E-state index contributed by atoms with van der Waals surface area (Å²) in [6, 6.07) is 17.8. The van der Waals surface area contributed by atoms with E-state index in [0.29, 0.717) is 29.6 Å². The Morgan fingerprint density at radius 3 is 2.37 bits per heavy atom. The number of nitrogens with one attached hydrogen (secondary N) is 1. The smallest absolute Gasteiger partial charge is 0.335 e.